The van der Waals surface area contributed by atoms with Crippen molar-refractivity contribution in [3.63, 3.8) is 0 Å². The molecule has 0 aromatic heterocycles. The molecule has 0 aliphatic carbocycles. The summed E-state index contributed by atoms with van der Waals surface area (Å²) in [5, 5.41) is 2.70. The van der Waals surface area contributed by atoms with E-state index in [-0.39, 0.29) is 37.1 Å². The van der Waals surface area contributed by atoms with Crippen molar-refractivity contribution in [2.45, 2.75) is 19.1 Å². The van der Waals surface area contributed by atoms with E-state index >= 15 is 0 Å². The maximum atomic E-state index is 10.9. The number of carbonyl (C=O) groups is 1. The summed E-state index contributed by atoms with van der Waals surface area (Å²) in [7, 11) is 0. The Morgan fingerprint density at radius 1 is 1.29 bits per heavy atom. The molecule has 1 aromatic rings. The van der Waals surface area contributed by atoms with Gasteiger partial charge in [0, 0.05) is 0 Å². The van der Waals surface area contributed by atoms with E-state index in [1.807, 2.05) is 37.3 Å². The maximum absolute atomic E-state index is 10.9. The van der Waals surface area contributed by atoms with Crippen LogP contribution in [0, 0.1) is 0 Å². The average Bonchev–Trinajstić information content (AvgIpc) is 2.47. The molecule has 1 heterocycles. The van der Waals surface area contributed by atoms with Gasteiger partial charge in [-0.2, -0.15) is 0 Å². The van der Waals surface area contributed by atoms with E-state index in [9.17, 15) is 4.79 Å². The van der Waals surface area contributed by atoms with Crippen molar-refractivity contribution in [3.05, 3.63) is 35.9 Å². The summed E-state index contributed by atoms with van der Waals surface area (Å²) in [6.45, 7) is 1.93. The fraction of sp³-hybridized carbons (Fsp3) is 0.300. The summed E-state index contributed by atoms with van der Waals surface area (Å²) in [5.41, 5.74) is 1.04. The number of carbonyl (C=O) groups excluding carboxylic acids is 1. The molecule has 0 radical (unpaired) electrons. The quantitative estimate of drug-likeness (QED) is 0.668. The summed E-state index contributed by atoms with van der Waals surface area (Å²) in [5.74, 6) is 0. The second-order valence-corrected chi connectivity index (χ2v) is 3.17. The van der Waals surface area contributed by atoms with Crippen LogP contribution < -0.4 is 5.32 Å². The second-order valence-electron chi connectivity index (χ2n) is 3.17. The van der Waals surface area contributed by atoms with Crippen LogP contribution in [0.1, 0.15) is 18.6 Å². The third-order valence-corrected chi connectivity index (χ3v) is 2.16. The van der Waals surface area contributed by atoms with Gasteiger partial charge in [0.2, 0.25) is 0 Å². The standard InChI is InChI=1S/C10H11NO2.Li.H/c1-7-9(13-10(12)11-7)8-5-3-2-4-6-8;;/h2-7,9H,1H3,(H,11,12);;. The van der Waals surface area contributed by atoms with E-state index < -0.39 is 0 Å². The number of hydrogen-bond donors (Lipinski definition) is 1. The number of benzene rings is 1. The number of rotatable bonds is 1. The number of hydrogen-bond acceptors (Lipinski definition) is 2. The van der Waals surface area contributed by atoms with E-state index in [0.717, 1.165) is 5.56 Å². The molecular weight excluding hydrogens is 173 g/mol. The van der Waals surface area contributed by atoms with Gasteiger partial charge in [-0.1, -0.05) is 30.3 Å². The van der Waals surface area contributed by atoms with Crippen LogP contribution >= 0.6 is 0 Å². The van der Waals surface area contributed by atoms with Crippen LogP contribution in [-0.2, 0) is 4.74 Å². The van der Waals surface area contributed by atoms with Gasteiger partial charge in [0.1, 0.15) is 6.10 Å². The van der Waals surface area contributed by atoms with E-state index in [1.165, 1.54) is 0 Å². The summed E-state index contributed by atoms with van der Waals surface area (Å²) < 4.78 is 5.11. The van der Waals surface area contributed by atoms with Gasteiger partial charge in [-0.3, -0.25) is 0 Å². The first kappa shape index (κ1) is 11.2. The topological polar surface area (TPSA) is 38.3 Å². The molecule has 0 spiro atoms. The van der Waals surface area contributed by atoms with E-state index in [2.05, 4.69) is 5.32 Å². The van der Waals surface area contributed by atoms with Gasteiger partial charge in [0.15, 0.2) is 0 Å². The molecule has 1 amide bonds. The summed E-state index contributed by atoms with van der Waals surface area (Å²) in [6.07, 6.45) is -0.477. The Morgan fingerprint density at radius 2 is 1.93 bits per heavy atom. The van der Waals surface area contributed by atoms with Crippen LogP contribution in [0.2, 0.25) is 0 Å². The Labute approximate surface area is 95.0 Å². The van der Waals surface area contributed by atoms with Crippen molar-refractivity contribution in [2.75, 3.05) is 0 Å². The Kier molecular flexibility index (Phi) is 3.62. The molecule has 70 valence electrons. The van der Waals surface area contributed by atoms with Crippen LogP contribution in [0.4, 0.5) is 4.79 Å². The van der Waals surface area contributed by atoms with Gasteiger partial charge in [-0.25, -0.2) is 4.79 Å². The zero-order chi connectivity index (χ0) is 9.26. The Balaban J connectivity index is 0.000000980. The molecule has 1 fully saturated rings. The van der Waals surface area contributed by atoms with E-state index in [1.54, 1.807) is 0 Å². The van der Waals surface area contributed by atoms with E-state index in [0.29, 0.717) is 0 Å². The molecule has 4 heteroatoms. The summed E-state index contributed by atoms with van der Waals surface area (Å²) in [4.78, 5) is 10.9. The van der Waals surface area contributed by atoms with Crippen LogP contribution in [0.25, 0.3) is 0 Å². The molecule has 0 bridgehead atoms. The zero-order valence-corrected chi connectivity index (χ0v) is 7.36. The number of ether oxygens (including phenoxy) is 1. The van der Waals surface area contributed by atoms with Crippen LogP contribution in [0.3, 0.4) is 0 Å². The van der Waals surface area contributed by atoms with Gasteiger partial charge in [0.25, 0.3) is 0 Å². The van der Waals surface area contributed by atoms with Crippen molar-refractivity contribution in [1.82, 2.24) is 5.32 Å². The zero-order valence-electron chi connectivity index (χ0n) is 7.36. The third-order valence-electron chi connectivity index (χ3n) is 2.16. The molecule has 0 saturated carbocycles. The van der Waals surface area contributed by atoms with Gasteiger partial charge < -0.3 is 10.1 Å². The Morgan fingerprint density at radius 3 is 2.43 bits per heavy atom. The molecule has 1 aromatic carbocycles. The summed E-state index contributed by atoms with van der Waals surface area (Å²) >= 11 is 0. The number of alkyl carbamates (subject to hydrolysis) is 1. The predicted molar refractivity (Wildman–Crippen MR) is 55.4 cm³/mol. The van der Waals surface area contributed by atoms with Crippen LogP contribution in [0.15, 0.2) is 30.3 Å². The second kappa shape index (κ2) is 4.54. The minimum atomic E-state index is -0.332. The monoisotopic (exact) mass is 185 g/mol. The molecular formula is C10H12LiNO2. The fourth-order valence-corrected chi connectivity index (χ4v) is 1.51. The molecule has 2 atom stereocenters. The molecule has 14 heavy (non-hydrogen) atoms. The molecule has 1 saturated heterocycles. The van der Waals surface area contributed by atoms with Crippen molar-refractivity contribution < 1.29 is 9.53 Å². The fourth-order valence-electron chi connectivity index (χ4n) is 1.51. The molecule has 2 rings (SSSR count). The number of amides is 1. The van der Waals surface area contributed by atoms with Crippen LogP contribution in [0.5, 0.6) is 0 Å². The summed E-state index contributed by atoms with van der Waals surface area (Å²) in [6, 6.07) is 9.79. The van der Waals surface area contributed by atoms with Crippen molar-refractivity contribution in [1.29, 1.82) is 0 Å². The third kappa shape index (κ3) is 2.12. The first-order chi connectivity index (χ1) is 6.27. The minimum absolute atomic E-state index is 0. The molecule has 2 unspecified atom stereocenters. The van der Waals surface area contributed by atoms with Gasteiger partial charge >= 0.3 is 25.0 Å². The van der Waals surface area contributed by atoms with Gasteiger partial charge in [-0.05, 0) is 12.5 Å². The SMILES string of the molecule is CC1NC(=O)OC1c1ccccc1.[LiH]. The first-order valence-corrected chi connectivity index (χ1v) is 4.29. The Hall–Kier alpha value is -0.913. The predicted octanol–water partition coefficient (Wildman–Crippen LogP) is 1.21. The van der Waals surface area contributed by atoms with Crippen molar-refractivity contribution in [2.24, 2.45) is 0 Å². The van der Waals surface area contributed by atoms with Gasteiger partial charge in [0.05, 0.1) is 6.04 Å². The number of nitrogens with one attached hydrogen (secondary N) is 1. The van der Waals surface area contributed by atoms with Crippen LogP contribution in [-0.4, -0.2) is 31.0 Å². The Bertz CT molecular complexity index is 315. The molecule has 1 aliphatic rings. The average molecular weight is 185 g/mol. The van der Waals surface area contributed by atoms with Gasteiger partial charge in [-0.15, -0.1) is 0 Å². The molecule has 1 aliphatic heterocycles. The first-order valence-electron chi connectivity index (χ1n) is 4.29. The number of cyclic esters (lactones) is 1. The van der Waals surface area contributed by atoms with Crippen molar-refractivity contribution in [3.8, 4) is 0 Å². The normalized spacial score (nSPS) is 24.8. The molecule has 3 nitrogen and oxygen atoms in total. The van der Waals surface area contributed by atoms with Crippen molar-refractivity contribution >= 4 is 25.0 Å². The van der Waals surface area contributed by atoms with E-state index in [4.69, 9.17) is 4.74 Å². The molecule has 1 N–H and O–H groups in total.